The number of nitrogens with one attached hydrogen (secondary N) is 1. The van der Waals surface area contributed by atoms with Gasteiger partial charge in [0.15, 0.2) is 5.58 Å². The number of oxazole rings is 1. The minimum Gasteiger partial charge on any atom is -0.436 e. The van der Waals surface area contributed by atoms with E-state index in [1.165, 1.54) is 0 Å². The minimum atomic E-state index is -0.311. The predicted octanol–water partition coefficient (Wildman–Crippen LogP) is 4.05. The Hall–Kier alpha value is -2.08. The van der Waals surface area contributed by atoms with Crippen molar-refractivity contribution in [2.75, 3.05) is 0 Å². The number of hydrogen-bond acceptors (Lipinski definition) is 4. The van der Waals surface area contributed by atoms with Gasteiger partial charge in [-0.05, 0) is 49.2 Å². The summed E-state index contributed by atoms with van der Waals surface area (Å²) in [7, 11) is 0. The summed E-state index contributed by atoms with van der Waals surface area (Å²) in [6.45, 7) is 0. The molecule has 1 aromatic heterocycles. The summed E-state index contributed by atoms with van der Waals surface area (Å²) in [6, 6.07) is 10.2. The van der Waals surface area contributed by atoms with Crippen LogP contribution in [0.5, 0.6) is 0 Å². The zero-order valence-corrected chi connectivity index (χ0v) is 14.5. The molecule has 0 atom stereocenters. The van der Waals surface area contributed by atoms with E-state index in [1.54, 1.807) is 36.4 Å². The van der Waals surface area contributed by atoms with Crippen LogP contribution in [0.15, 0.2) is 40.8 Å². The fraction of sp³-hybridized carbons (Fsp3) is 0.222. The van der Waals surface area contributed by atoms with Gasteiger partial charge in [-0.2, -0.15) is 0 Å². The first kappa shape index (κ1) is 16.4. The lowest BCUT2D eigenvalue weighted by Gasteiger charge is -2.31. The number of aromatic nitrogens is 1. The standard InChI is InChI=1S/C18H14Cl2N2O3/c19-11-3-10(4-12(20)6-11)18-22-15-2-1-9(5-16(15)25-18)17(24)21-13-7-14(23)8-13/h1-6,13-14,23H,7-8H2,(H,21,24)/t13-,14-. The molecule has 1 saturated carbocycles. The molecular formula is C18H14Cl2N2O3. The fourth-order valence-electron chi connectivity index (χ4n) is 2.84. The van der Waals surface area contributed by atoms with Crippen LogP contribution in [0.1, 0.15) is 23.2 Å². The van der Waals surface area contributed by atoms with Crippen molar-refractivity contribution in [1.82, 2.24) is 10.3 Å². The number of aliphatic hydroxyl groups is 1. The molecule has 128 valence electrons. The number of carbonyl (C=O) groups is 1. The first-order valence-corrected chi connectivity index (χ1v) is 8.59. The number of amides is 1. The van der Waals surface area contributed by atoms with Crippen LogP contribution in [-0.2, 0) is 0 Å². The van der Waals surface area contributed by atoms with Crippen LogP contribution >= 0.6 is 23.2 Å². The van der Waals surface area contributed by atoms with Gasteiger partial charge in [0, 0.05) is 27.2 Å². The Bertz CT molecular complexity index is 944. The van der Waals surface area contributed by atoms with E-state index in [4.69, 9.17) is 27.6 Å². The Morgan fingerprint density at radius 2 is 1.88 bits per heavy atom. The Morgan fingerprint density at radius 3 is 2.56 bits per heavy atom. The number of benzene rings is 2. The molecule has 1 amide bonds. The average Bonchev–Trinajstić information content (AvgIpc) is 2.95. The largest absolute Gasteiger partial charge is 0.436 e. The lowest BCUT2D eigenvalue weighted by Crippen LogP contribution is -2.46. The quantitative estimate of drug-likeness (QED) is 0.722. The molecule has 0 saturated heterocycles. The van der Waals surface area contributed by atoms with Gasteiger partial charge in [0.1, 0.15) is 5.52 Å². The summed E-state index contributed by atoms with van der Waals surface area (Å²) in [6.07, 6.45) is 0.875. The molecular weight excluding hydrogens is 363 g/mol. The fourth-order valence-corrected chi connectivity index (χ4v) is 3.37. The third kappa shape index (κ3) is 3.35. The molecule has 0 radical (unpaired) electrons. The van der Waals surface area contributed by atoms with Gasteiger partial charge >= 0.3 is 0 Å². The normalized spacial score (nSPS) is 19.6. The highest BCUT2D eigenvalue weighted by Gasteiger charge is 2.28. The topological polar surface area (TPSA) is 75.4 Å². The van der Waals surface area contributed by atoms with Crippen LogP contribution < -0.4 is 5.32 Å². The van der Waals surface area contributed by atoms with Crippen molar-refractivity contribution >= 4 is 40.2 Å². The second-order valence-corrected chi connectivity index (χ2v) is 7.03. The lowest BCUT2D eigenvalue weighted by molar-refractivity contribution is 0.0562. The summed E-state index contributed by atoms with van der Waals surface area (Å²) in [5.41, 5.74) is 2.30. The maximum atomic E-state index is 12.3. The molecule has 0 unspecified atom stereocenters. The van der Waals surface area contributed by atoms with Crippen molar-refractivity contribution in [3.63, 3.8) is 0 Å². The van der Waals surface area contributed by atoms with Gasteiger partial charge in [-0.15, -0.1) is 0 Å². The van der Waals surface area contributed by atoms with Gasteiger partial charge in [0.25, 0.3) is 5.91 Å². The van der Waals surface area contributed by atoms with E-state index in [1.807, 2.05) is 0 Å². The first-order chi connectivity index (χ1) is 12.0. The molecule has 1 heterocycles. The van der Waals surface area contributed by atoms with Crippen LogP contribution in [0.4, 0.5) is 0 Å². The molecule has 2 N–H and O–H groups in total. The summed E-state index contributed by atoms with van der Waals surface area (Å²) in [5, 5.41) is 13.2. The Labute approximate surface area is 153 Å². The van der Waals surface area contributed by atoms with Crippen LogP contribution in [0, 0.1) is 0 Å². The first-order valence-electron chi connectivity index (χ1n) is 7.84. The molecule has 0 aliphatic heterocycles. The molecule has 1 aliphatic carbocycles. The second kappa shape index (κ2) is 6.33. The van der Waals surface area contributed by atoms with Crippen LogP contribution in [0.25, 0.3) is 22.6 Å². The molecule has 4 rings (SSSR count). The number of carbonyl (C=O) groups excluding carboxylic acids is 1. The van der Waals surface area contributed by atoms with E-state index in [2.05, 4.69) is 10.3 Å². The van der Waals surface area contributed by atoms with E-state index in [-0.39, 0.29) is 18.1 Å². The predicted molar refractivity (Wildman–Crippen MR) is 96.0 cm³/mol. The third-order valence-electron chi connectivity index (χ3n) is 4.21. The molecule has 3 aromatic rings. The highest BCUT2D eigenvalue weighted by molar-refractivity contribution is 6.35. The van der Waals surface area contributed by atoms with Gasteiger partial charge < -0.3 is 14.8 Å². The lowest BCUT2D eigenvalue weighted by atomic mass is 9.89. The maximum absolute atomic E-state index is 12.3. The van der Waals surface area contributed by atoms with E-state index < -0.39 is 0 Å². The molecule has 5 nitrogen and oxygen atoms in total. The van der Waals surface area contributed by atoms with Gasteiger partial charge in [-0.3, -0.25) is 4.79 Å². The van der Waals surface area contributed by atoms with Crippen LogP contribution in [0.2, 0.25) is 10.0 Å². The number of fused-ring (bicyclic) bond motifs is 1. The minimum absolute atomic E-state index is 0.0251. The van der Waals surface area contributed by atoms with Crippen molar-refractivity contribution < 1.29 is 14.3 Å². The van der Waals surface area contributed by atoms with Gasteiger partial charge in [0.2, 0.25) is 5.89 Å². The van der Waals surface area contributed by atoms with Crippen molar-refractivity contribution in [2.45, 2.75) is 25.0 Å². The molecule has 1 aliphatic rings. The van der Waals surface area contributed by atoms with E-state index >= 15 is 0 Å². The van der Waals surface area contributed by atoms with Gasteiger partial charge in [0.05, 0.1) is 6.10 Å². The average molecular weight is 377 g/mol. The summed E-state index contributed by atoms with van der Waals surface area (Å²) < 4.78 is 5.77. The number of aliphatic hydroxyl groups excluding tert-OH is 1. The van der Waals surface area contributed by atoms with E-state index in [0.717, 1.165) is 0 Å². The second-order valence-electron chi connectivity index (χ2n) is 6.16. The molecule has 0 spiro atoms. The molecule has 1 fully saturated rings. The summed E-state index contributed by atoms with van der Waals surface area (Å²) >= 11 is 12.0. The summed E-state index contributed by atoms with van der Waals surface area (Å²) in [5.74, 6) is 0.196. The highest BCUT2D eigenvalue weighted by Crippen LogP contribution is 2.29. The van der Waals surface area contributed by atoms with E-state index in [9.17, 15) is 9.90 Å². The number of nitrogens with zero attached hydrogens (tertiary/aromatic N) is 1. The Morgan fingerprint density at radius 1 is 1.16 bits per heavy atom. The zero-order chi connectivity index (χ0) is 17.6. The van der Waals surface area contributed by atoms with Crippen molar-refractivity contribution in [2.24, 2.45) is 0 Å². The Balaban J connectivity index is 1.61. The molecule has 0 bridgehead atoms. The number of halogens is 2. The third-order valence-corrected chi connectivity index (χ3v) is 4.64. The van der Waals surface area contributed by atoms with Gasteiger partial charge in [-0.1, -0.05) is 23.2 Å². The van der Waals surface area contributed by atoms with Crippen LogP contribution in [0.3, 0.4) is 0 Å². The number of rotatable bonds is 3. The number of hydrogen-bond donors (Lipinski definition) is 2. The Kier molecular flexibility index (Phi) is 4.15. The highest BCUT2D eigenvalue weighted by atomic mass is 35.5. The van der Waals surface area contributed by atoms with Gasteiger partial charge in [-0.25, -0.2) is 4.98 Å². The molecule has 2 aromatic carbocycles. The monoisotopic (exact) mass is 376 g/mol. The van der Waals surface area contributed by atoms with E-state index in [0.29, 0.717) is 51.0 Å². The SMILES string of the molecule is O=C(N[C@H]1C[C@H](O)C1)c1ccc2nc(-c3cc(Cl)cc(Cl)c3)oc2c1. The molecule has 25 heavy (non-hydrogen) atoms. The van der Waals surface area contributed by atoms with Crippen molar-refractivity contribution in [1.29, 1.82) is 0 Å². The zero-order valence-electron chi connectivity index (χ0n) is 13.0. The summed E-state index contributed by atoms with van der Waals surface area (Å²) in [4.78, 5) is 16.7. The molecule has 7 heteroatoms. The van der Waals surface area contributed by atoms with Crippen molar-refractivity contribution in [3.8, 4) is 11.5 Å². The maximum Gasteiger partial charge on any atom is 0.251 e. The smallest absolute Gasteiger partial charge is 0.251 e. The van der Waals surface area contributed by atoms with Crippen molar-refractivity contribution in [3.05, 3.63) is 52.0 Å². The van der Waals surface area contributed by atoms with Crippen LogP contribution in [-0.4, -0.2) is 28.1 Å².